The Morgan fingerprint density at radius 2 is 2.00 bits per heavy atom. The van der Waals surface area contributed by atoms with Crippen LogP contribution in [0.25, 0.3) is 11.6 Å². The molecule has 0 N–H and O–H groups in total. The molecule has 0 saturated heterocycles. The lowest BCUT2D eigenvalue weighted by Crippen LogP contribution is -1.97. The van der Waals surface area contributed by atoms with Crippen LogP contribution in [0.4, 0.5) is 0 Å². The maximum Gasteiger partial charge on any atom is -0.000441 e. The minimum atomic E-state index is 0.682. The molecule has 1 aromatic heterocycles. The summed E-state index contributed by atoms with van der Waals surface area (Å²) in [7, 11) is 0. The largest absolute Gasteiger partial charge is 0.151 e. The van der Waals surface area contributed by atoms with Crippen LogP contribution in [-0.4, -0.2) is 0 Å². The molecule has 1 aromatic carbocycles. The van der Waals surface area contributed by atoms with E-state index in [0.717, 1.165) is 0 Å². The molecule has 1 heteroatoms. The van der Waals surface area contributed by atoms with E-state index in [1.165, 1.54) is 35.1 Å². The van der Waals surface area contributed by atoms with Gasteiger partial charge in [0.2, 0.25) is 0 Å². The van der Waals surface area contributed by atoms with Crippen molar-refractivity contribution in [3.8, 4) is 0 Å². The lowest BCUT2D eigenvalue weighted by molar-refractivity contribution is 0.672. The second kappa shape index (κ2) is 3.96. The van der Waals surface area contributed by atoms with E-state index in [1.54, 1.807) is 5.57 Å². The molecule has 18 heavy (non-hydrogen) atoms. The molecule has 2 aliphatic carbocycles. The minimum Gasteiger partial charge on any atom is -0.151 e. The van der Waals surface area contributed by atoms with Crippen molar-refractivity contribution in [2.45, 2.75) is 12.8 Å². The first-order chi connectivity index (χ1) is 8.90. The van der Waals surface area contributed by atoms with Crippen molar-refractivity contribution in [2.75, 3.05) is 0 Å². The van der Waals surface area contributed by atoms with Crippen LogP contribution in [0.5, 0.6) is 0 Å². The molecule has 0 amide bonds. The van der Waals surface area contributed by atoms with Gasteiger partial charge in [-0.1, -0.05) is 36.4 Å². The summed E-state index contributed by atoms with van der Waals surface area (Å²) >= 11 is 1.81. The van der Waals surface area contributed by atoms with Crippen LogP contribution in [0.3, 0.4) is 0 Å². The molecule has 0 fully saturated rings. The highest BCUT2D eigenvalue weighted by Crippen LogP contribution is 2.46. The normalized spacial score (nSPS) is 20.3. The molecule has 0 nitrogen and oxygen atoms in total. The quantitative estimate of drug-likeness (QED) is 0.718. The fraction of sp³-hybridized carbons (Fsp3) is 0.176. The van der Waals surface area contributed by atoms with E-state index in [1.807, 2.05) is 11.3 Å². The van der Waals surface area contributed by atoms with Crippen molar-refractivity contribution in [3.63, 3.8) is 0 Å². The lowest BCUT2D eigenvalue weighted by atomic mass is 9.98. The number of rotatable bonds is 2. The van der Waals surface area contributed by atoms with E-state index in [9.17, 15) is 0 Å². The molecule has 88 valence electrons. The van der Waals surface area contributed by atoms with E-state index in [-0.39, 0.29) is 0 Å². The number of benzene rings is 1. The molecular formula is C17H14S. The predicted molar refractivity (Wildman–Crippen MR) is 78.5 cm³/mol. The van der Waals surface area contributed by atoms with E-state index in [0.29, 0.717) is 5.92 Å². The molecule has 1 atom stereocenters. The van der Waals surface area contributed by atoms with Crippen molar-refractivity contribution in [1.29, 1.82) is 0 Å². The monoisotopic (exact) mass is 250 g/mol. The summed E-state index contributed by atoms with van der Waals surface area (Å²) in [5, 5.41) is 4.54. The van der Waals surface area contributed by atoms with Gasteiger partial charge in [0.25, 0.3) is 0 Å². The smallest absolute Gasteiger partial charge is 0.000441 e. The maximum atomic E-state index is 2.48. The molecule has 1 unspecified atom stereocenters. The Balaban J connectivity index is 1.61. The molecule has 0 radical (unpaired) electrons. The van der Waals surface area contributed by atoms with Gasteiger partial charge in [-0.2, -0.15) is 11.3 Å². The van der Waals surface area contributed by atoms with Crippen molar-refractivity contribution >= 4 is 23.0 Å². The summed E-state index contributed by atoms with van der Waals surface area (Å²) in [4.78, 5) is 0. The van der Waals surface area contributed by atoms with E-state index in [4.69, 9.17) is 0 Å². The van der Waals surface area contributed by atoms with Crippen LogP contribution >= 0.6 is 11.3 Å². The van der Waals surface area contributed by atoms with Gasteiger partial charge in [-0.15, -0.1) is 0 Å². The summed E-state index contributed by atoms with van der Waals surface area (Å²) in [6.07, 6.45) is 7.24. The average molecular weight is 250 g/mol. The van der Waals surface area contributed by atoms with Crippen molar-refractivity contribution in [3.05, 3.63) is 69.4 Å². The summed E-state index contributed by atoms with van der Waals surface area (Å²) in [6, 6.07) is 10.8. The Morgan fingerprint density at radius 3 is 2.89 bits per heavy atom. The summed E-state index contributed by atoms with van der Waals surface area (Å²) in [6.45, 7) is 0. The molecule has 0 aliphatic heterocycles. The highest BCUT2D eigenvalue weighted by atomic mass is 32.1. The number of fused-ring (bicyclic) bond motifs is 3. The van der Waals surface area contributed by atoms with Crippen molar-refractivity contribution < 1.29 is 0 Å². The molecule has 0 saturated carbocycles. The molecular weight excluding hydrogens is 236 g/mol. The second-order valence-electron chi connectivity index (χ2n) is 5.14. The van der Waals surface area contributed by atoms with Crippen molar-refractivity contribution in [1.82, 2.24) is 0 Å². The Hall–Kier alpha value is -1.60. The first kappa shape index (κ1) is 10.3. The van der Waals surface area contributed by atoms with Crippen molar-refractivity contribution in [2.24, 2.45) is 5.92 Å². The number of thiophene rings is 1. The average Bonchev–Trinajstić information content (AvgIpc) is 3.02. The number of hydrogen-bond acceptors (Lipinski definition) is 1. The van der Waals surface area contributed by atoms with E-state index in [2.05, 4.69) is 53.2 Å². The Labute approximate surface area is 111 Å². The topological polar surface area (TPSA) is 0 Å². The first-order valence-corrected chi connectivity index (χ1v) is 7.38. The number of allylic oxidation sites excluding steroid dienone is 3. The third kappa shape index (κ3) is 1.58. The van der Waals surface area contributed by atoms with Gasteiger partial charge < -0.3 is 0 Å². The summed E-state index contributed by atoms with van der Waals surface area (Å²) in [5.41, 5.74) is 7.40. The predicted octanol–water partition coefficient (Wildman–Crippen LogP) is 4.79. The molecule has 0 spiro atoms. The van der Waals surface area contributed by atoms with Gasteiger partial charge in [-0.05, 0) is 63.4 Å². The zero-order chi connectivity index (χ0) is 11.9. The first-order valence-electron chi connectivity index (χ1n) is 6.43. The van der Waals surface area contributed by atoms with Crippen LogP contribution in [0, 0.1) is 5.92 Å². The van der Waals surface area contributed by atoms with Crippen LogP contribution < -0.4 is 0 Å². The Bertz CT molecular complexity index is 643. The second-order valence-corrected chi connectivity index (χ2v) is 5.89. The third-order valence-electron chi connectivity index (χ3n) is 3.88. The lowest BCUT2D eigenvalue weighted by Gasteiger charge is -2.07. The number of hydrogen-bond donors (Lipinski definition) is 0. The van der Waals surface area contributed by atoms with Gasteiger partial charge in [-0.3, -0.25) is 0 Å². The Kier molecular flexibility index (Phi) is 2.27. The molecule has 1 heterocycles. The van der Waals surface area contributed by atoms with E-state index < -0.39 is 0 Å². The van der Waals surface area contributed by atoms with Crippen LogP contribution in [0.1, 0.15) is 23.1 Å². The van der Waals surface area contributed by atoms with E-state index >= 15 is 0 Å². The SMILES string of the molecule is C1=C2CC(Cc3ccccc3)C=C2c2cscc21. The fourth-order valence-corrected chi connectivity index (χ4v) is 3.88. The molecule has 2 aromatic rings. The van der Waals surface area contributed by atoms with Gasteiger partial charge in [-0.25, -0.2) is 0 Å². The molecule has 2 aliphatic rings. The maximum absolute atomic E-state index is 2.48. The van der Waals surface area contributed by atoms with Crippen LogP contribution in [0.15, 0.2) is 52.7 Å². The van der Waals surface area contributed by atoms with Crippen LogP contribution in [0.2, 0.25) is 0 Å². The van der Waals surface area contributed by atoms with Gasteiger partial charge in [0.15, 0.2) is 0 Å². The van der Waals surface area contributed by atoms with Crippen LogP contribution in [-0.2, 0) is 6.42 Å². The Morgan fingerprint density at radius 1 is 1.11 bits per heavy atom. The van der Waals surface area contributed by atoms with Gasteiger partial charge in [0.05, 0.1) is 0 Å². The summed E-state index contributed by atoms with van der Waals surface area (Å²) in [5.74, 6) is 0.682. The highest BCUT2D eigenvalue weighted by molar-refractivity contribution is 7.08. The summed E-state index contributed by atoms with van der Waals surface area (Å²) < 4.78 is 0. The fourth-order valence-electron chi connectivity index (χ4n) is 3.07. The molecule has 0 bridgehead atoms. The zero-order valence-corrected chi connectivity index (χ0v) is 10.9. The standard InChI is InChI=1S/C17H14S/c1-2-4-12(5-3-1)6-13-7-14-9-15-10-18-11-17(15)16(14)8-13/h1-5,8-11,13H,6-7H2. The van der Waals surface area contributed by atoms with Gasteiger partial charge in [0.1, 0.15) is 0 Å². The zero-order valence-electron chi connectivity index (χ0n) is 10.1. The van der Waals surface area contributed by atoms with Gasteiger partial charge >= 0.3 is 0 Å². The van der Waals surface area contributed by atoms with Gasteiger partial charge in [0, 0.05) is 0 Å². The molecule has 4 rings (SSSR count). The third-order valence-corrected chi connectivity index (χ3v) is 4.64. The minimum absolute atomic E-state index is 0.682. The highest BCUT2D eigenvalue weighted by Gasteiger charge is 2.27.